The maximum Gasteiger partial charge on any atom is 0.264 e. The van der Waals surface area contributed by atoms with Crippen molar-refractivity contribution in [2.75, 3.05) is 7.05 Å². The summed E-state index contributed by atoms with van der Waals surface area (Å²) in [6.45, 7) is 3.73. The summed E-state index contributed by atoms with van der Waals surface area (Å²) < 4.78 is 25.8. The molecule has 23 heavy (non-hydrogen) atoms. The van der Waals surface area contributed by atoms with E-state index in [1.54, 1.807) is 24.3 Å². The van der Waals surface area contributed by atoms with E-state index in [9.17, 15) is 8.42 Å². The van der Waals surface area contributed by atoms with Gasteiger partial charge in [-0.05, 0) is 31.5 Å². The standard InChI is InChI=1S/C17H19N3O2S/c1-14-9-11-17(12-10-14)23(21,22)20(3)13-18-19-15(2)16-7-5-4-6-8-16/h4-13H,1-3H3/b18-13+,19-15+. The van der Waals surface area contributed by atoms with Gasteiger partial charge in [-0.2, -0.15) is 5.10 Å². The Morgan fingerprint density at radius 1 is 1.04 bits per heavy atom. The van der Waals surface area contributed by atoms with Crippen molar-refractivity contribution in [3.8, 4) is 0 Å². The van der Waals surface area contributed by atoms with E-state index in [4.69, 9.17) is 0 Å². The Labute approximate surface area is 137 Å². The minimum Gasteiger partial charge on any atom is -0.257 e. The van der Waals surface area contributed by atoms with Gasteiger partial charge in [0.25, 0.3) is 10.0 Å². The first-order valence-corrected chi connectivity index (χ1v) is 8.53. The lowest BCUT2D eigenvalue weighted by Gasteiger charge is -2.13. The van der Waals surface area contributed by atoms with Crippen LogP contribution >= 0.6 is 0 Å². The van der Waals surface area contributed by atoms with Crippen LogP contribution in [0.3, 0.4) is 0 Å². The van der Waals surface area contributed by atoms with Crippen molar-refractivity contribution >= 4 is 22.1 Å². The lowest BCUT2D eigenvalue weighted by Crippen LogP contribution is -2.25. The molecule has 2 aromatic carbocycles. The highest BCUT2D eigenvalue weighted by atomic mass is 32.2. The molecule has 0 radical (unpaired) electrons. The molecule has 0 atom stereocenters. The minimum absolute atomic E-state index is 0.223. The average molecular weight is 329 g/mol. The molecule has 0 bridgehead atoms. The summed E-state index contributed by atoms with van der Waals surface area (Å²) in [5.41, 5.74) is 2.65. The topological polar surface area (TPSA) is 62.1 Å². The summed E-state index contributed by atoms with van der Waals surface area (Å²) in [5, 5.41) is 7.90. The van der Waals surface area contributed by atoms with E-state index in [0.717, 1.165) is 15.4 Å². The highest BCUT2D eigenvalue weighted by Gasteiger charge is 2.17. The van der Waals surface area contributed by atoms with E-state index in [1.165, 1.54) is 13.4 Å². The fraction of sp³-hybridized carbons (Fsp3) is 0.176. The van der Waals surface area contributed by atoms with Crippen LogP contribution in [0.15, 0.2) is 69.7 Å². The van der Waals surface area contributed by atoms with Crippen LogP contribution in [0, 0.1) is 6.92 Å². The molecule has 0 saturated heterocycles. The first-order chi connectivity index (χ1) is 10.9. The number of benzene rings is 2. The summed E-state index contributed by atoms with van der Waals surface area (Å²) in [6, 6.07) is 16.2. The number of rotatable bonds is 5. The van der Waals surface area contributed by atoms with Crippen molar-refractivity contribution in [2.24, 2.45) is 10.2 Å². The number of hydrogen-bond donors (Lipinski definition) is 0. The molecular weight excluding hydrogens is 310 g/mol. The van der Waals surface area contributed by atoms with Crippen LogP contribution in [-0.2, 0) is 10.0 Å². The summed E-state index contributed by atoms with van der Waals surface area (Å²) in [5.74, 6) is 0. The van der Waals surface area contributed by atoms with Crippen molar-refractivity contribution in [3.05, 3.63) is 65.7 Å². The predicted octanol–water partition coefficient (Wildman–Crippen LogP) is 3.07. The highest BCUT2D eigenvalue weighted by Crippen LogP contribution is 2.13. The molecule has 120 valence electrons. The van der Waals surface area contributed by atoms with E-state index in [0.29, 0.717) is 5.71 Å². The zero-order valence-corrected chi connectivity index (χ0v) is 14.2. The van der Waals surface area contributed by atoms with Crippen LogP contribution in [0.25, 0.3) is 0 Å². The van der Waals surface area contributed by atoms with Gasteiger partial charge in [-0.25, -0.2) is 8.42 Å². The Kier molecular flexibility index (Phi) is 5.28. The quantitative estimate of drug-likeness (QED) is 0.481. The number of sulfonamides is 1. The summed E-state index contributed by atoms with van der Waals surface area (Å²) in [4.78, 5) is 0.223. The number of nitrogens with zero attached hydrogens (tertiary/aromatic N) is 3. The molecule has 0 aliphatic carbocycles. The molecule has 0 N–H and O–H groups in total. The van der Waals surface area contributed by atoms with Gasteiger partial charge in [0.2, 0.25) is 0 Å². The zero-order chi connectivity index (χ0) is 16.9. The lowest BCUT2D eigenvalue weighted by molar-refractivity contribution is 0.555. The molecule has 6 heteroatoms. The third kappa shape index (κ3) is 4.26. The number of aryl methyl sites for hydroxylation is 1. The van der Waals surface area contributed by atoms with E-state index >= 15 is 0 Å². The summed E-state index contributed by atoms with van der Waals surface area (Å²) in [7, 11) is -2.17. The maximum absolute atomic E-state index is 12.4. The molecule has 0 heterocycles. The first kappa shape index (κ1) is 16.9. The second-order valence-electron chi connectivity index (χ2n) is 5.12. The monoisotopic (exact) mass is 329 g/mol. The van der Waals surface area contributed by atoms with Gasteiger partial charge in [0.1, 0.15) is 6.34 Å². The molecule has 0 aliphatic heterocycles. The largest absolute Gasteiger partial charge is 0.264 e. The minimum atomic E-state index is -3.60. The fourth-order valence-electron chi connectivity index (χ4n) is 1.86. The Hall–Kier alpha value is -2.47. The second kappa shape index (κ2) is 7.19. The van der Waals surface area contributed by atoms with Gasteiger partial charge in [0.15, 0.2) is 0 Å². The van der Waals surface area contributed by atoms with Gasteiger partial charge in [-0.3, -0.25) is 4.31 Å². The normalized spacial score (nSPS) is 12.6. The van der Waals surface area contributed by atoms with Crippen LogP contribution in [-0.4, -0.2) is 31.8 Å². The Balaban J connectivity index is 2.14. The van der Waals surface area contributed by atoms with E-state index in [-0.39, 0.29) is 4.90 Å². The molecular formula is C17H19N3O2S. The third-order valence-corrected chi connectivity index (χ3v) is 5.03. The molecule has 0 amide bonds. The molecule has 0 saturated carbocycles. The maximum atomic E-state index is 12.4. The van der Waals surface area contributed by atoms with Crippen LogP contribution in [0.2, 0.25) is 0 Å². The summed E-state index contributed by atoms with van der Waals surface area (Å²) in [6.07, 6.45) is 1.20. The lowest BCUT2D eigenvalue weighted by atomic mass is 10.1. The van der Waals surface area contributed by atoms with Crippen LogP contribution in [0.1, 0.15) is 18.1 Å². The SMILES string of the molecule is C/C(=N\N=C\N(C)S(=O)(=O)c1ccc(C)cc1)c1ccccc1. The molecule has 2 rings (SSSR count). The third-order valence-electron chi connectivity index (χ3n) is 3.31. The highest BCUT2D eigenvalue weighted by molar-refractivity contribution is 7.89. The second-order valence-corrected chi connectivity index (χ2v) is 7.11. The van der Waals surface area contributed by atoms with Gasteiger partial charge < -0.3 is 0 Å². The molecule has 0 fully saturated rings. The number of hydrogen-bond acceptors (Lipinski definition) is 4. The van der Waals surface area contributed by atoms with Gasteiger partial charge in [-0.1, -0.05) is 48.0 Å². The summed E-state index contributed by atoms with van der Waals surface area (Å²) >= 11 is 0. The van der Waals surface area contributed by atoms with Gasteiger partial charge in [0, 0.05) is 7.05 Å². The van der Waals surface area contributed by atoms with Crippen molar-refractivity contribution in [1.82, 2.24) is 4.31 Å². The van der Waals surface area contributed by atoms with Gasteiger partial charge in [-0.15, -0.1) is 5.10 Å². The van der Waals surface area contributed by atoms with Crippen molar-refractivity contribution in [3.63, 3.8) is 0 Å². The molecule has 0 aromatic heterocycles. The van der Waals surface area contributed by atoms with Crippen LogP contribution < -0.4 is 0 Å². The van der Waals surface area contributed by atoms with E-state index in [2.05, 4.69) is 10.2 Å². The Bertz CT molecular complexity index is 811. The molecule has 0 aliphatic rings. The molecule has 2 aromatic rings. The molecule has 5 nitrogen and oxygen atoms in total. The molecule has 0 spiro atoms. The van der Waals surface area contributed by atoms with E-state index < -0.39 is 10.0 Å². The molecule has 0 unspecified atom stereocenters. The van der Waals surface area contributed by atoms with Crippen molar-refractivity contribution in [1.29, 1.82) is 0 Å². The van der Waals surface area contributed by atoms with Crippen LogP contribution in [0.5, 0.6) is 0 Å². The average Bonchev–Trinajstić information content (AvgIpc) is 2.55. The van der Waals surface area contributed by atoms with Crippen LogP contribution in [0.4, 0.5) is 0 Å². The predicted molar refractivity (Wildman–Crippen MR) is 93.3 cm³/mol. The first-order valence-electron chi connectivity index (χ1n) is 7.09. The zero-order valence-electron chi connectivity index (χ0n) is 13.3. The Morgan fingerprint density at radius 2 is 1.65 bits per heavy atom. The van der Waals surface area contributed by atoms with Crippen molar-refractivity contribution in [2.45, 2.75) is 18.7 Å². The fourth-order valence-corrected chi connectivity index (χ4v) is 2.84. The van der Waals surface area contributed by atoms with E-state index in [1.807, 2.05) is 44.2 Å². The van der Waals surface area contributed by atoms with Gasteiger partial charge >= 0.3 is 0 Å². The Morgan fingerprint density at radius 3 is 2.26 bits per heavy atom. The smallest absolute Gasteiger partial charge is 0.257 e. The van der Waals surface area contributed by atoms with Crippen molar-refractivity contribution < 1.29 is 8.42 Å². The van der Waals surface area contributed by atoms with Gasteiger partial charge in [0.05, 0.1) is 10.6 Å².